The Balaban J connectivity index is 0.866. The molecule has 0 aromatic rings. The van der Waals surface area contributed by atoms with Gasteiger partial charge in [0.15, 0.2) is 0 Å². The molecule has 0 aromatic heterocycles. The molecule has 0 bridgehead atoms. The first-order valence-corrected chi connectivity index (χ1v) is 24.3. The van der Waals surface area contributed by atoms with Crippen LogP contribution in [0.2, 0.25) is 0 Å². The van der Waals surface area contributed by atoms with E-state index < -0.39 is 0 Å². The quantitative estimate of drug-likeness (QED) is 0.242. The van der Waals surface area contributed by atoms with Crippen LogP contribution in [0.25, 0.3) is 0 Å². The van der Waals surface area contributed by atoms with E-state index in [4.69, 9.17) is 0 Å². The monoisotopic (exact) mass is 715 g/mol. The lowest BCUT2D eigenvalue weighted by Crippen LogP contribution is -2.58. The number of nitrogens with zero attached hydrogens (tertiary/aromatic N) is 2. The lowest BCUT2D eigenvalue weighted by atomic mass is 9.61. The topological polar surface area (TPSA) is 54.6 Å². The first-order chi connectivity index (χ1) is 25.8. The number of fused-ring (bicyclic) bond motifs is 8. The Morgan fingerprint density at radius 2 is 0.808 bits per heavy atom. The van der Waals surface area contributed by atoms with Crippen LogP contribution < -0.4 is 21.3 Å². The molecule has 11 aliphatic rings. The zero-order chi connectivity index (χ0) is 34.2. The fourth-order valence-electron chi connectivity index (χ4n) is 17.7. The van der Waals surface area contributed by atoms with Gasteiger partial charge in [0.2, 0.25) is 0 Å². The Labute approximate surface area is 318 Å². The molecule has 6 nitrogen and oxygen atoms in total. The number of likely N-dealkylation sites (tertiary alicyclic amines) is 2. The van der Waals surface area contributed by atoms with Gasteiger partial charge in [-0.1, -0.05) is 32.1 Å². The van der Waals surface area contributed by atoms with Crippen molar-refractivity contribution >= 4 is 0 Å². The van der Waals surface area contributed by atoms with Crippen molar-refractivity contribution < 1.29 is 0 Å². The van der Waals surface area contributed by atoms with Crippen LogP contribution in [0.5, 0.6) is 0 Å². The van der Waals surface area contributed by atoms with Crippen LogP contribution in [0.15, 0.2) is 0 Å². The summed E-state index contributed by atoms with van der Waals surface area (Å²) in [5, 5.41) is 15.6. The third-order valence-electron chi connectivity index (χ3n) is 19.5. The summed E-state index contributed by atoms with van der Waals surface area (Å²) in [5.74, 6) is 9.75. The summed E-state index contributed by atoms with van der Waals surface area (Å²) in [4.78, 5) is 6.75. The fourth-order valence-corrected chi connectivity index (χ4v) is 17.7. The molecule has 4 N–H and O–H groups in total. The Morgan fingerprint density at radius 1 is 0.288 bits per heavy atom. The van der Waals surface area contributed by atoms with Crippen LogP contribution in [-0.2, 0) is 0 Å². The molecule has 0 radical (unpaired) electrons. The molecule has 5 saturated carbocycles. The van der Waals surface area contributed by atoms with Crippen molar-refractivity contribution in [3.8, 4) is 0 Å². The highest BCUT2D eigenvalue weighted by Gasteiger charge is 2.62. The number of piperidine rings is 4. The van der Waals surface area contributed by atoms with Gasteiger partial charge in [0.1, 0.15) is 0 Å². The Bertz CT molecular complexity index is 1210. The molecular formula is C46H78N6. The van der Waals surface area contributed by atoms with Gasteiger partial charge in [0.25, 0.3) is 0 Å². The normalized spacial score (nSPS) is 53.2. The van der Waals surface area contributed by atoms with E-state index in [1.807, 2.05) is 0 Å². The van der Waals surface area contributed by atoms with Crippen molar-refractivity contribution in [2.24, 2.45) is 59.2 Å². The molecule has 5 aliphatic carbocycles. The molecular weight excluding hydrogens is 637 g/mol. The molecule has 15 unspecified atom stereocenters. The van der Waals surface area contributed by atoms with Crippen molar-refractivity contribution in [1.82, 2.24) is 31.1 Å². The summed E-state index contributed by atoms with van der Waals surface area (Å²) in [5.41, 5.74) is 0. The summed E-state index contributed by atoms with van der Waals surface area (Å²) in [7, 11) is 0. The van der Waals surface area contributed by atoms with Gasteiger partial charge in [-0.25, -0.2) is 0 Å². The van der Waals surface area contributed by atoms with Gasteiger partial charge in [0, 0.05) is 36.3 Å². The van der Waals surface area contributed by atoms with Gasteiger partial charge >= 0.3 is 0 Å². The molecule has 0 spiro atoms. The molecule has 6 heteroatoms. The average molecular weight is 715 g/mol. The molecule has 6 aliphatic heterocycles. The van der Waals surface area contributed by atoms with Crippen molar-refractivity contribution in [3.05, 3.63) is 0 Å². The highest BCUT2D eigenvalue weighted by Crippen LogP contribution is 2.61. The van der Waals surface area contributed by atoms with Gasteiger partial charge in [-0.2, -0.15) is 0 Å². The maximum atomic E-state index is 3.93. The minimum Gasteiger partial charge on any atom is -0.302 e. The number of nitrogens with one attached hydrogen (secondary N) is 4. The molecule has 11 fully saturated rings. The molecule has 0 aromatic carbocycles. The Kier molecular flexibility index (Phi) is 10.0. The minimum atomic E-state index is 0.607. The average Bonchev–Trinajstić information content (AvgIpc) is 3.71. The van der Waals surface area contributed by atoms with Gasteiger partial charge in [0.05, 0.1) is 12.3 Å². The predicted octanol–water partition coefficient (Wildman–Crippen LogP) is 7.49. The lowest BCUT2D eigenvalue weighted by molar-refractivity contribution is -0.00286. The third kappa shape index (κ3) is 6.06. The van der Waals surface area contributed by atoms with Crippen LogP contribution in [-0.4, -0.2) is 84.6 Å². The largest absolute Gasteiger partial charge is 0.302 e. The van der Waals surface area contributed by atoms with Crippen LogP contribution in [0.1, 0.15) is 154 Å². The second-order valence-electron chi connectivity index (χ2n) is 21.3. The van der Waals surface area contributed by atoms with E-state index in [2.05, 4.69) is 31.1 Å². The third-order valence-corrected chi connectivity index (χ3v) is 19.5. The highest BCUT2D eigenvalue weighted by atomic mass is 15.3. The molecule has 292 valence electrons. The lowest BCUT2D eigenvalue weighted by Gasteiger charge is -2.50. The van der Waals surface area contributed by atoms with Crippen LogP contribution in [0.3, 0.4) is 0 Å². The molecule has 11 rings (SSSR count). The van der Waals surface area contributed by atoms with Crippen LogP contribution in [0, 0.1) is 59.2 Å². The van der Waals surface area contributed by atoms with Crippen molar-refractivity contribution in [1.29, 1.82) is 0 Å². The number of hydrogen-bond acceptors (Lipinski definition) is 6. The van der Waals surface area contributed by atoms with Crippen LogP contribution >= 0.6 is 0 Å². The number of rotatable bonds is 4. The van der Waals surface area contributed by atoms with Crippen molar-refractivity contribution in [3.63, 3.8) is 0 Å². The number of hydrogen-bond donors (Lipinski definition) is 4. The smallest absolute Gasteiger partial charge is 0.0603 e. The predicted molar refractivity (Wildman–Crippen MR) is 212 cm³/mol. The van der Waals surface area contributed by atoms with Crippen LogP contribution in [0.4, 0.5) is 0 Å². The fraction of sp³-hybridized carbons (Fsp3) is 1.00. The first kappa shape index (κ1) is 35.0. The van der Waals surface area contributed by atoms with Gasteiger partial charge in [-0.3, -0.25) is 9.80 Å². The van der Waals surface area contributed by atoms with E-state index in [0.717, 1.165) is 95.4 Å². The minimum absolute atomic E-state index is 0.607. The molecule has 6 saturated heterocycles. The molecule has 6 heterocycles. The zero-order valence-corrected chi connectivity index (χ0v) is 33.1. The second-order valence-corrected chi connectivity index (χ2v) is 21.3. The van der Waals surface area contributed by atoms with Crippen molar-refractivity contribution in [2.75, 3.05) is 26.2 Å². The van der Waals surface area contributed by atoms with E-state index in [9.17, 15) is 0 Å². The molecule has 15 atom stereocenters. The summed E-state index contributed by atoms with van der Waals surface area (Å²) < 4.78 is 0. The molecule has 0 amide bonds. The van der Waals surface area contributed by atoms with Gasteiger partial charge in [-0.05, 0) is 207 Å². The van der Waals surface area contributed by atoms with E-state index in [1.165, 1.54) is 155 Å². The highest BCUT2D eigenvalue weighted by molar-refractivity contribution is 5.15. The summed E-state index contributed by atoms with van der Waals surface area (Å²) in [6.45, 7) is 4.96. The maximum Gasteiger partial charge on any atom is 0.0603 e. The summed E-state index contributed by atoms with van der Waals surface area (Å²) >= 11 is 0. The Hall–Kier alpha value is -0.240. The van der Waals surface area contributed by atoms with E-state index in [0.29, 0.717) is 12.3 Å². The second kappa shape index (κ2) is 14.9. The van der Waals surface area contributed by atoms with Gasteiger partial charge < -0.3 is 21.3 Å². The SMILES string of the molecule is C1CCC(N2C3CCCCC3C3CC4C5CC(C6CCNC7NCCCC76)CCC5N(C5CCC(C6CCNC7NCCCC76)CC5)C4CC32)CC1. The standard InChI is InChI=1S/C46H78N6/c1-2-8-31(9-3-1)51-41-13-5-4-10-35(41)39-27-40-38-26-30(34-21-25-50-46-37(34)12-7-23-48-46)16-19-42(38)52(44(40)28-43(39)51)32-17-14-29(15-18-32)33-20-24-49-45-36(33)11-6-22-47-45/h29-50H,1-28H2. The van der Waals surface area contributed by atoms with E-state index >= 15 is 0 Å². The first-order valence-electron chi connectivity index (χ1n) is 24.3. The maximum absolute atomic E-state index is 3.93. The zero-order valence-electron chi connectivity index (χ0n) is 33.1. The summed E-state index contributed by atoms with van der Waals surface area (Å²) in [6, 6.07) is 5.46. The van der Waals surface area contributed by atoms with Crippen molar-refractivity contribution in [2.45, 2.75) is 203 Å². The molecule has 52 heavy (non-hydrogen) atoms. The Morgan fingerprint density at radius 3 is 1.52 bits per heavy atom. The van der Waals surface area contributed by atoms with E-state index in [-0.39, 0.29) is 0 Å². The summed E-state index contributed by atoms with van der Waals surface area (Å²) in [6.07, 6.45) is 37.5. The van der Waals surface area contributed by atoms with E-state index in [1.54, 1.807) is 25.7 Å². The van der Waals surface area contributed by atoms with Gasteiger partial charge in [-0.15, -0.1) is 0 Å².